The molecule has 2 atom stereocenters. The lowest BCUT2D eigenvalue weighted by Crippen LogP contribution is -2.48. The largest absolute Gasteiger partial charge is 0.455 e. The van der Waals surface area contributed by atoms with Crippen LogP contribution in [0.4, 0.5) is 5.69 Å². The smallest absolute Gasteiger partial charge is 0.309 e. The van der Waals surface area contributed by atoms with Gasteiger partial charge in [0.1, 0.15) is 0 Å². The molecule has 1 spiro atoms. The summed E-state index contributed by atoms with van der Waals surface area (Å²) in [6, 6.07) is 7.59. The molecule has 4 nitrogen and oxygen atoms in total. The lowest BCUT2D eigenvalue weighted by atomic mass is 9.67. The number of benzene rings is 1. The van der Waals surface area contributed by atoms with E-state index in [9.17, 15) is 9.59 Å². The molecule has 0 aromatic heterocycles. The van der Waals surface area contributed by atoms with Crippen LogP contribution < -0.4 is 5.32 Å². The number of rotatable bonds is 4. The summed E-state index contributed by atoms with van der Waals surface area (Å²) in [6.07, 6.45) is 5.60. The molecular formula is C21H27NO3S2. The van der Waals surface area contributed by atoms with E-state index in [4.69, 9.17) is 4.74 Å². The predicted molar refractivity (Wildman–Crippen MR) is 112 cm³/mol. The van der Waals surface area contributed by atoms with Gasteiger partial charge in [-0.05, 0) is 56.6 Å². The van der Waals surface area contributed by atoms with Crippen molar-refractivity contribution in [3.63, 3.8) is 0 Å². The number of esters is 1. The van der Waals surface area contributed by atoms with Crippen molar-refractivity contribution in [2.75, 3.05) is 23.4 Å². The molecule has 4 rings (SSSR count). The van der Waals surface area contributed by atoms with Gasteiger partial charge < -0.3 is 10.1 Å². The molecule has 1 aromatic rings. The van der Waals surface area contributed by atoms with Gasteiger partial charge in [0.2, 0.25) is 0 Å². The molecule has 2 saturated carbocycles. The summed E-state index contributed by atoms with van der Waals surface area (Å²) in [5.74, 6) is 3.20. The zero-order valence-corrected chi connectivity index (χ0v) is 17.4. The van der Waals surface area contributed by atoms with Crippen molar-refractivity contribution in [3.8, 4) is 0 Å². The summed E-state index contributed by atoms with van der Waals surface area (Å²) < 4.78 is 5.75. The van der Waals surface area contributed by atoms with Crippen molar-refractivity contribution in [1.82, 2.24) is 0 Å². The second kappa shape index (κ2) is 8.08. The van der Waals surface area contributed by atoms with Gasteiger partial charge in [0.15, 0.2) is 6.61 Å². The molecule has 2 bridgehead atoms. The van der Waals surface area contributed by atoms with Gasteiger partial charge in [-0.25, -0.2) is 0 Å². The van der Waals surface area contributed by atoms with Crippen molar-refractivity contribution in [2.45, 2.75) is 43.1 Å². The summed E-state index contributed by atoms with van der Waals surface area (Å²) >= 11 is 4.28. The maximum Gasteiger partial charge on any atom is 0.309 e. The summed E-state index contributed by atoms with van der Waals surface area (Å²) in [6.45, 7) is 1.80. The van der Waals surface area contributed by atoms with E-state index in [1.807, 2.05) is 31.2 Å². The molecule has 2 aliphatic carbocycles. The van der Waals surface area contributed by atoms with Gasteiger partial charge in [-0.2, -0.15) is 0 Å². The molecule has 0 radical (unpaired) electrons. The summed E-state index contributed by atoms with van der Waals surface area (Å²) in [5.41, 5.74) is 1.87. The summed E-state index contributed by atoms with van der Waals surface area (Å²) in [4.78, 5) is 24.7. The fraction of sp³-hybridized carbons (Fsp3) is 0.619. The molecule has 3 aliphatic rings. The predicted octanol–water partition coefficient (Wildman–Crippen LogP) is 4.48. The number of thioether (sulfide) groups is 2. The van der Waals surface area contributed by atoms with Crippen molar-refractivity contribution < 1.29 is 14.3 Å². The van der Waals surface area contributed by atoms with E-state index < -0.39 is 0 Å². The van der Waals surface area contributed by atoms with Crippen molar-refractivity contribution in [1.29, 1.82) is 0 Å². The molecule has 1 amide bonds. The molecule has 146 valence electrons. The zero-order valence-electron chi connectivity index (χ0n) is 15.7. The van der Waals surface area contributed by atoms with Crippen LogP contribution in [0.3, 0.4) is 0 Å². The molecular weight excluding hydrogens is 378 g/mol. The van der Waals surface area contributed by atoms with E-state index in [1.54, 1.807) is 0 Å². The number of amides is 1. The standard InChI is InChI=1S/C21H27NO3S2/c1-14-5-7-18(8-6-14)22-19(23)13-25-20(24)15-11-16-3-2-4-17(12-15)21(16)26-9-10-27-21/h5-8,15-17H,2-4,9-13H2,1H3,(H,22,23)/t16-,17-/m1/s1. The van der Waals surface area contributed by atoms with Crippen LogP contribution in [-0.2, 0) is 14.3 Å². The average Bonchev–Trinajstić information content (AvgIpc) is 3.11. The number of ether oxygens (including phenoxy) is 1. The number of carbonyl (C=O) groups excluding carboxylic acids is 2. The maximum absolute atomic E-state index is 12.6. The molecule has 3 fully saturated rings. The van der Waals surface area contributed by atoms with E-state index in [0.717, 1.165) is 24.1 Å². The molecule has 0 unspecified atom stereocenters. The lowest BCUT2D eigenvalue weighted by Gasteiger charge is -2.51. The topological polar surface area (TPSA) is 55.4 Å². The van der Waals surface area contributed by atoms with Gasteiger partial charge in [0.25, 0.3) is 5.91 Å². The van der Waals surface area contributed by atoms with Crippen LogP contribution in [0.2, 0.25) is 0 Å². The summed E-state index contributed by atoms with van der Waals surface area (Å²) in [7, 11) is 0. The Bertz CT molecular complexity index is 684. The highest BCUT2D eigenvalue weighted by Crippen LogP contribution is 2.64. The van der Waals surface area contributed by atoms with E-state index in [1.165, 1.54) is 30.8 Å². The lowest BCUT2D eigenvalue weighted by molar-refractivity contribution is -0.154. The second-order valence-electron chi connectivity index (χ2n) is 7.93. The Kier molecular flexibility index (Phi) is 5.74. The van der Waals surface area contributed by atoms with Gasteiger partial charge in [0.05, 0.1) is 10.00 Å². The second-order valence-corrected chi connectivity index (χ2v) is 10.9. The van der Waals surface area contributed by atoms with Crippen LogP contribution in [0.15, 0.2) is 24.3 Å². The highest BCUT2D eigenvalue weighted by Gasteiger charge is 2.55. The average molecular weight is 406 g/mol. The molecule has 1 aliphatic heterocycles. The van der Waals surface area contributed by atoms with Gasteiger partial charge in [-0.3, -0.25) is 9.59 Å². The van der Waals surface area contributed by atoms with Crippen LogP contribution in [-0.4, -0.2) is 34.1 Å². The Hall–Kier alpha value is -1.14. The van der Waals surface area contributed by atoms with Crippen LogP contribution in [0.5, 0.6) is 0 Å². The van der Waals surface area contributed by atoms with Gasteiger partial charge in [-0.1, -0.05) is 24.1 Å². The summed E-state index contributed by atoms with van der Waals surface area (Å²) in [5, 5.41) is 2.78. The fourth-order valence-corrected chi connectivity index (χ4v) is 8.83. The zero-order chi connectivity index (χ0) is 18.9. The Balaban J connectivity index is 1.30. The number of anilines is 1. The molecule has 1 heterocycles. The van der Waals surface area contributed by atoms with Crippen molar-refractivity contribution >= 4 is 41.1 Å². The Labute approximate surface area is 169 Å². The van der Waals surface area contributed by atoms with Crippen LogP contribution in [0, 0.1) is 24.7 Å². The first-order valence-electron chi connectivity index (χ1n) is 9.88. The molecule has 1 N–H and O–H groups in total. The van der Waals surface area contributed by atoms with Crippen LogP contribution in [0.1, 0.15) is 37.7 Å². The quantitative estimate of drug-likeness (QED) is 0.749. The number of nitrogens with one attached hydrogen (secondary N) is 1. The molecule has 6 heteroatoms. The minimum atomic E-state index is -0.276. The highest BCUT2D eigenvalue weighted by molar-refractivity contribution is 8.21. The van der Waals surface area contributed by atoms with E-state index >= 15 is 0 Å². The van der Waals surface area contributed by atoms with Gasteiger partial charge in [-0.15, -0.1) is 23.5 Å². The van der Waals surface area contributed by atoms with Gasteiger partial charge >= 0.3 is 5.97 Å². The third kappa shape index (κ3) is 4.02. The Morgan fingerprint density at radius 1 is 1.11 bits per heavy atom. The van der Waals surface area contributed by atoms with Crippen molar-refractivity contribution in [2.24, 2.45) is 17.8 Å². The van der Waals surface area contributed by atoms with E-state index in [0.29, 0.717) is 15.9 Å². The number of aryl methyl sites for hydroxylation is 1. The fourth-order valence-electron chi connectivity index (χ4n) is 4.89. The molecule has 1 aromatic carbocycles. The third-order valence-electron chi connectivity index (χ3n) is 6.13. The Morgan fingerprint density at radius 2 is 1.74 bits per heavy atom. The normalized spacial score (nSPS) is 28.7. The first-order valence-corrected chi connectivity index (χ1v) is 11.8. The highest BCUT2D eigenvalue weighted by atomic mass is 32.2. The van der Waals surface area contributed by atoms with Crippen LogP contribution in [0.25, 0.3) is 0 Å². The van der Waals surface area contributed by atoms with Crippen molar-refractivity contribution in [3.05, 3.63) is 29.8 Å². The number of carbonyl (C=O) groups is 2. The molecule has 1 saturated heterocycles. The monoisotopic (exact) mass is 405 g/mol. The first kappa shape index (κ1) is 19.2. The van der Waals surface area contributed by atoms with Gasteiger partial charge in [0, 0.05) is 17.2 Å². The Morgan fingerprint density at radius 3 is 2.37 bits per heavy atom. The maximum atomic E-state index is 12.6. The molecule has 27 heavy (non-hydrogen) atoms. The minimum Gasteiger partial charge on any atom is -0.455 e. The third-order valence-corrected chi connectivity index (χ3v) is 10.2. The van der Waals surface area contributed by atoms with Crippen LogP contribution >= 0.6 is 23.5 Å². The number of hydrogen-bond acceptors (Lipinski definition) is 5. The van der Waals surface area contributed by atoms with E-state index in [-0.39, 0.29) is 24.4 Å². The first-order chi connectivity index (χ1) is 13.1. The minimum absolute atomic E-state index is 0.0418. The number of hydrogen-bond donors (Lipinski definition) is 1. The SMILES string of the molecule is Cc1ccc(NC(=O)COC(=O)C2C[C@H]3CCC[C@H](C2)C32SCCS2)cc1. The van der Waals surface area contributed by atoms with E-state index in [2.05, 4.69) is 28.8 Å².